The third-order valence-electron chi connectivity index (χ3n) is 7.41. The quantitative estimate of drug-likeness (QED) is 0.259. The van der Waals surface area contributed by atoms with Crippen LogP contribution in [0.4, 0.5) is 11.4 Å². The van der Waals surface area contributed by atoms with Gasteiger partial charge in [0.05, 0.1) is 11.3 Å². The van der Waals surface area contributed by atoms with Gasteiger partial charge in [-0.2, -0.15) is 5.26 Å². The maximum atomic E-state index is 9.75. The first-order valence-corrected chi connectivity index (χ1v) is 13.1. The Kier molecular flexibility index (Phi) is 7.65. The number of nitrogens with one attached hydrogen (secondary N) is 3. The average molecular weight is 491 g/mol. The molecule has 6 nitrogen and oxygen atoms in total. The van der Waals surface area contributed by atoms with E-state index in [-0.39, 0.29) is 0 Å². The lowest BCUT2D eigenvalue weighted by molar-refractivity contribution is 0.260. The van der Waals surface area contributed by atoms with Crippen LogP contribution in [0.5, 0.6) is 0 Å². The standard InChI is InChI=1S/C31H34N6/c1-3-37-16-4-5-27(37)21-33-18-24-8-6-23(7-9-24)10-11-25-19-34-20-26(17-32)31(25)36-29-12-13-30-28(22(29)2)14-15-35-30/h6-15,19-20,27,33,35H,3-5,16,18,21H2,1-2H3,(H,34,36)/b11-10+. The van der Waals surface area contributed by atoms with Crippen LogP contribution in [0.2, 0.25) is 0 Å². The molecule has 1 saturated heterocycles. The molecule has 1 aliphatic heterocycles. The average Bonchev–Trinajstić information content (AvgIpc) is 3.60. The third kappa shape index (κ3) is 5.59. The summed E-state index contributed by atoms with van der Waals surface area (Å²) in [4.78, 5) is 10.1. The van der Waals surface area contributed by atoms with Crippen LogP contribution in [0.1, 0.15) is 47.6 Å². The van der Waals surface area contributed by atoms with Gasteiger partial charge >= 0.3 is 0 Å². The number of anilines is 2. The van der Waals surface area contributed by atoms with Crippen molar-refractivity contribution in [3.8, 4) is 6.07 Å². The van der Waals surface area contributed by atoms with E-state index in [1.165, 1.54) is 24.9 Å². The molecule has 188 valence electrons. The van der Waals surface area contributed by atoms with Crippen molar-refractivity contribution < 1.29 is 0 Å². The Balaban J connectivity index is 1.28. The minimum Gasteiger partial charge on any atom is -0.361 e. The van der Waals surface area contributed by atoms with Crippen molar-refractivity contribution >= 4 is 34.4 Å². The first kappa shape index (κ1) is 24.8. The van der Waals surface area contributed by atoms with Crippen LogP contribution in [-0.2, 0) is 6.54 Å². The van der Waals surface area contributed by atoms with Crippen LogP contribution in [0.15, 0.2) is 61.1 Å². The van der Waals surface area contributed by atoms with Crippen molar-refractivity contribution in [1.29, 1.82) is 5.26 Å². The van der Waals surface area contributed by atoms with Crippen LogP contribution in [-0.4, -0.2) is 40.5 Å². The zero-order chi connectivity index (χ0) is 25.6. The molecule has 0 spiro atoms. The minimum absolute atomic E-state index is 0.515. The van der Waals surface area contributed by atoms with Crippen LogP contribution in [0.25, 0.3) is 23.1 Å². The van der Waals surface area contributed by atoms with E-state index in [0.29, 0.717) is 11.6 Å². The molecule has 1 atom stereocenters. The normalized spacial score (nSPS) is 16.0. The maximum Gasteiger partial charge on any atom is 0.103 e. The number of fused-ring (bicyclic) bond motifs is 1. The number of pyridine rings is 1. The smallest absolute Gasteiger partial charge is 0.103 e. The first-order valence-electron chi connectivity index (χ1n) is 13.1. The van der Waals surface area contributed by atoms with E-state index in [1.807, 2.05) is 18.3 Å². The van der Waals surface area contributed by atoms with Crippen molar-refractivity contribution in [2.45, 2.75) is 39.3 Å². The van der Waals surface area contributed by atoms with Crippen molar-refractivity contribution in [2.75, 3.05) is 25.0 Å². The molecule has 0 radical (unpaired) electrons. The van der Waals surface area contributed by atoms with Gasteiger partial charge in [-0.25, -0.2) is 0 Å². The fourth-order valence-corrected chi connectivity index (χ4v) is 5.24. The van der Waals surface area contributed by atoms with Crippen LogP contribution in [0.3, 0.4) is 0 Å². The molecule has 37 heavy (non-hydrogen) atoms. The van der Waals surface area contributed by atoms with E-state index in [1.54, 1.807) is 12.4 Å². The Morgan fingerprint density at radius 3 is 2.81 bits per heavy atom. The molecular weight excluding hydrogens is 456 g/mol. The van der Waals surface area contributed by atoms with E-state index in [2.05, 4.69) is 87.9 Å². The second-order valence-electron chi connectivity index (χ2n) is 9.70. The summed E-state index contributed by atoms with van der Waals surface area (Å²) in [5.74, 6) is 0. The predicted molar refractivity (Wildman–Crippen MR) is 153 cm³/mol. The van der Waals surface area contributed by atoms with Gasteiger partial charge in [0, 0.05) is 59.9 Å². The molecular formula is C31H34N6. The van der Waals surface area contributed by atoms with E-state index < -0.39 is 0 Å². The number of aromatic nitrogens is 2. The van der Waals surface area contributed by atoms with Gasteiger partial charge in [0.15, 0.2) is 0 Å². The zero-order valence-electron chi connectivity index (χ0n) is 21.6. The summed E-state index contributed by atoms with van der Waals surface area (Å²) in [6.45, 7) is 8.63. The molecule has 2 aromatic heterocycles. The number of hydrogen-bond acceptors (Lipinski definition) is 5. The van der Waals surface area contributed by atoms with E-state index in [0.717, 1.165) is 58.6 Å². The lowest BCUT2D eigenvalue weighted by Gasteiger charge is -2.23. The molecule has 1 unspecified atom stereocenters. The molecule has 0 bridgehead atoms. The molecule has 3 N–H and O–H groups in total. The van der Waals surface area contributed by atoms with Gasteiger partial charge in [-0.3, -0.25) is 9.88 Å². The van der Waals surface area contributed by atoms with E-state index >= 15 is 0 Å². The number of rotatable bonds is 9. The number of likely N-dealkylation sites (tertiary alicyclic amines) is 1. The molecule has 0 amide bonds. The fourth-order valence-electron chi connectivity index (χ4n) is 5.24. The van der Waals surface area contributed by atoms with E-state index in [9.17, 15) is 5.26 Å². The Hall–Kier alpha value is -3.92. The van der Waals surface area contributed by atoms with Crippen LogP contribution in [0, 0.1) is 18.3 Å². The van der Waals surface area contributed by atoms with Gasteiger partial charge in [0.1, 0.15) is 6.07 Å². The summed E-state index contributed by atoms with van der Waals surface area (Å²) in [5, 5.41) is 18.0. The number of benzene rings is 2. The summed E-state index contributed by atoms with van der Waals surface area (Å²) in [5.41, 5.74) is 7.74. The largest absolute Gasteiger partial charge is 0.361 e. The second kappa shape index (κ2) is 11.4. The summed E-state index contributed by atoms with van der Waals surface area (Å²) in [7, 11) is 0. The molecule has 1 fully saturated rings. The van der Waals surface area contributed by atoms with Gasteiger partial charge in [-0.15, -0.1) is 0 Å². The molecule has 4 aromatic rings. The van der Waals surface area contributed by atoms with Gasteiger partial charge < -0.3 is 15.6 Å². The van der Waals surface area contributed by atoms with Crippen molar-refractivity contribution in [3.05, 3.63) is 88.9 Å². The van der Waals surface area contributed by atoms with Gasteiger partial charge in [0.2, 0.25) is 0 Å². The Labute approximate surface area is 219 Å². The lowest BCUT2D eigenvalue weighted by atomic mass is 10.1. The summed E-state index contributed by atoms with van der Waals surface area (Å²) in [6, 6.07) is 17.8. The predicted octanol–water partition coefficient (Wildman–Crippen LogP) is 6.23. The highest BCUT2D eigenvalue weighted by molar-refractivity contribution is 5.90. The highest BCUT2D eigenvalue weighted by Crippen LogP contribution is 2.31. The zero-order valence-corrected chi connectivity index (χ0v) is 21.6. The van der Waals surface area contributed by atoms with Crippen molar-refractivity contribution in [1.82, 2.24) is 20.2 Å². The maximum absolute atomic E-state index is 9.75. The first-order chi connectivity index (χ1) is 18.2. The number of nitriles is 1. The number of aryl methyl sites for hydroxylation is 1. The molecule has 0 saturated carbocycles. The fraction of sp³-hybridized carbons (Fsp3) is 0.290. The topological polar surface area (TPSA) is 79.8 Å². The third-order valence-corrected chi connectivity index (χ3v) is 7.41. The minimum atomic E-state index is 0.515. The number of H-pyrrole nitrogens is 1. The molecule has 6 heteroatoms. The Morgan fingerprint density at radius 2 is 2.00 bits per heavy atom. The number of likely N-dealkylation sites (N-methyl/N-ethyl adjacent to an activating group) is 1. The van der Waals surface area contributed by atoms with Crippen molar-refractivity contribution in [2.24, 2.45) is 0 Å². The van der Waals surface area contributed by atoms with Crippen LogP contribution < -0.4 is 10.6 Å². The molecule has 1 aliphatic rings. The highest BCUT2D eigenvalue weighted by atomic mass is 15.2. The van der Waals surface area contributed by atoms with Gasteiger partial charge in [-0.05, 0) is 67.7 Å². The van der Waals surface area contributed by atoms with E-state index in [4.69, 9.17) is 0 Å². The summed E-state index contributed by atoms with van der Waals surface area (Å²) < 4.78 is 0. The molecule has 2 aromatic carbocycles. The summed E-state index contributed by atoms with van der Waals surface area (Å²) >= 11 is 0. The van der Waals surface area contributed by atoms with Crippen LogP contribution >= 0.6 is 0 Å². The number of nitrogens with zero attached hydrogens (tertiary/aromatic N) is 3. The second-order valence-corrected chi connectivity index (χ2v) is 9.70. The SMILES string of the molecule is CCN1CCCC1CNCc1ccc(/C=C/c2cncc(C#N)c2Nc2ccc3[nH]ccc3c2C)cc1. The molecule has 5 rings (SSSR count). The van der Waals surface area contributed by atoms with Gasteiger partial charge in [-0.1, -0.05) is 43.3 Å². The monoisotopic (exact) mass is 490 g/mol. The Bertz CT molecular complexity index is 1430. The number of hydrogen-bond donors (Lipinski definition) is 3. The summed E-state index contributed by atoms with van der Waals surface area (Å²) in [6.07, 6.45) is 12.0. The lowest BCUT2D eigenvalue weighted by Crippen LogP contribution is -2.37. The highest BCUT2D eigenvalue weighted by Gasteiger charge is 2.22. The van der Waals surface area contributed by atoms with Crippen molar-refractivity contribution in [3.63, 3.8) is 0 Å². The van der Waals surface area contributed by atoms with Gasteiger partial charge in [0.25, 0.3) is 0 Å². The molecule has 3 heterocycles. The molecule has 0 aliphatic carbocycles. The number of aromatic amines is 1. The Morgan fingerprint density at radius 1 is 1.14 bits per heavy atom.